The molecule has 26 heavy (non-hydrogen) atoms. The lowest BCUT2D eigenvalue weighted by molar-refractivity contribution is -0.117. The SMILES string of the molecule is COC(=O)c1cc(CN(C)CC(=O)Nc2cc(Cl)c(Cl)cc2Cl)oc1C. The van der Waals surface area contributed by atoms with E-state index in [1.807, 2.05) is 0 Å². The van der Waals surface area contributed by atoms with Crippen molar-refractivity contribution < 1.29 is 18.7 Å². The first-order valence-electron chi connectivity index (χ1n) is 7.51. The van der Waals surface area contributed by atoms with Crippen LogP contribution in [-0.2, 0) is 16.1 Å². The van der Waals surface area contributed by atoms with Gasteiger partial charge < -0.3 is 14.5 Å². The molecule has 2 aromatic rings. The van der Waals surface area contributed by atoms with Crippen molar-refractivity contribution in [2.75, 3.05) is 26.0 Å². The number of aryl methyl sites for hydroxylation is 1. The van der Waals surface area contributed by atoms with E-state index in [1.54, 1.807) is 24.9 Å². The van der Waals surface area contributed by atoms with E-state index >= 15 is 0 Å². The maximum Gasteiger partial charge on any atom is 0.341 e. The van der Waals surface area contributed by atoms with Crippen LogP contribution in [0.15, 0.2) is 22.6 Å². The van der Waals surface area contributed by atoms with Crippen LogP contribution in [0.2, 0.25) is 15.1 Å². The van der Waals surface area contributed by atoms with Crippen molar-refractivity contribution in [1.82, 2.24) is 4.90 Å². The third-order valence-electron chi connectivity index (χ3n) is 3.50. The third kappa shape index (κ3) is 5.14. The fourth-order valence-electron chi connectivity index (χ4n) is 2.31. The van der Waals surface area contributed by atoms with Crippen LogP contribution in [0.3, 0.4) is 0 Å². The van der Waals surface area contributed by atoms with Gasteiger partial charge in [-0.05, 0) is 32.2 Å². The Morgan fingerprint density at radius 1 is 1.15 bits per heavy atom. The Bertz CT molecular complexity index is 836. The van der Waals surface area contributed by atoms with Gasteiger partial charge in [-0.25, -0.2) is 4.79 Å². The van der Waals surface area contributed by atoms with Crippen LogP contribution in [0.4, 0.5) is 5.69 Å². The third-order valence-corrected chi connectivity index (χ3v) is 4.53. The summed E-state index contributed by atoms with van der Waals surface area (Å²) in [5.41, 5.74) is 0.740. The van der Waals surface area contributed by atoms with E-state index in [-0.39, 0.29) is 12.5 Å². The number of carbonyl (C=O) groups excluding carboxylic acids is 2. The van der Waals surface area contributed by atoms with Crippen LogP contribution in [-0.4, -0.2) is 37.5 Å². The van der Waals surface area contributed by atoms with Crippen molar-refractivity contribution in [2.45, 2.75) is 13.5 Å². The number of rotatable bonds is 6. The summed E-state index contributed by atoms with van der Waals surface area (Å²) < 4.78 is 10.2. The zero-order chi connectivity index (χ0) is 19.4. The van der Waals surface area contributed by atoms with Crippen molar-refractivity contribution in [3.8, 4) is 0 Å². The Balaban J connectivity index is 1.97. The van der Waals surface area contributed by atoms with Crippen molar-refractivity contribution in [3.05, 3.63) is 50.4 Å². The number of amides is 1. The number of furan rings is 1. The summed E-state index contributed by atoms with van der Waals surface area (Å²) in [4.78, 5) is 25.5. The number of benzene rings is 1. The van der Waals surface area contributed by atoms with E-state index in [9.17, 15) is 9.59 Å². The molecule has 1 N–H and O–H groups in total. The minimum absolute atomic E-state index is 0.0733. The second kappa shape index (κ2) is 8.77. The minimum atomic E-state index is -0.466. The minimum Gasteiger partial charge on any atom is -0.465 e. The van der Waals surface area contributed by atoms with Gasteiger partial charge in [0.05, 0.1) is 41.0 Å². The number of methoxy groups -OCH3 is 1. The Labute approximate surface area is 165 Å². The Kier molecular flexibility index (Phi) is 6.94. The number of likely N-dealkylation sites (N-methyl/N-ethyl adjacent to an activating group) is 1. The highest BCUT2D eigenvalue weighted by Crippen LogP contribution is 2.32. The van der Waals surface area contributed by atoms with Crippen molar-refractivity contribution in [2.24, 2.45) is 0 Å². The number of hydrogen-bond acceptors (Lipinski definition) is 5. The van der Waals surface area contributed by atoms with Crippen LogP contribution >= 0.6 is 34.8 Å². The van der Waals surface area contributed by atoms with Crippen LogP contribution in [0.5, 0.6) is 0 Å². The van der Waals surface area contributed by atoms with Crippen LogP contribution in [0.1, 0.15) is 21.9 Å². The van der Waals surface area contributed by atoms with Gasteiger partial charge in [0.15, 0.2) is 0 Å². The molecular formula is C17H17Cl3N2O4. The van der Waals surface area contributed by atoms with E-state index in [1.165, 1.54) is 19.2 Å². The molecule has 0 atom stereocenters. The molecule has 0 saturated carbocycles. The molecule has 6 nitrogen and oxygen atoms in total. The Hall–Kier alpha value is -1.73. The zero-order valence-corrected chi connectivity index (χ0v) is 16.6. The summed E-state index contributed by atoms with van der Waals surface area (Å²) in [5.74, 6) is 0.259. The summed E-state index contributed by atoms with van der Waals surface area (Å²) >= 11 is 17.8. The molecule has 0 unspecified atom stereocenters. The summed E-state index contributed by atoms with van der Waals surface area (Å²) in [6.45, 7) is 2.08. The first kappa shape index (κ1) is 20.6. The lowest BCUT2D eigenvalue weighted by atomic mass is 10.2. The second-order valence-corrected chi connectivity index (χ2v) is 6.86. The quantitative estimate of drug-likeness (QED) is 0.555. The molecule has 1 aromatic heterocycles. The van der Waals surface area contributed by atoms with Gasteiger partial charge in [0, 0.05) is 0 Å². The molecule has 0 fully saturated rings. The molecule has 1 heterocycles. The number of halogens is 3. The highest BCUT2D eigenvalue weighted by molar-refractivity contribution is 6.44. The van der Waals surface area contributed by atoms with Gasteiger partial charge in [0.25, 0.3) is 0 Å². The Morgan fingerprint density at radius 3 is 2.46 bits per heavy atom. The number of nitrogens with one attached hydrogen (secondary N) is 1. The molecule has 0 aliphatic rings. The summed E-state index contributed by atoms with van der Waals surface area (Å²) in [7, 11) is 3.05. The van der Waals surface area contributed by atoms with Crippen LogP contribution < -0.4 is 5.32 Å². The number of carbonyl (C=O) groups is 2. The van der Waals surface area contributed by atoms with Gasteiger partial charge in [-0.1, -0.05) is 34.8 Å². The van der Waals surface area contributed by atoms with E-state index < -0.39 is 5.97 Å². The van der Waals surface area contributed by atoms with Gasteiger partial charge in [0.1, 0.15) is 17.1 Å². The average Bonchev–Trinajstić information content (AvgIpc) is 2.91. The topological polar surface area (TPSA) is 71.8 Å². The molecule has 1 aromatic carbocycles. The molecule has 0 aliphatic carbocycles. The van der Waals surface area contributed by atoms with Crippen LogP contribution in [0.25, 0.3) is 0 Å². The van der Waals surface area contributed by atoms with E-state index in [2.05, 4.69) is 10.1 Å². The predicted molar refractivity (Wildman–Crippen MR) is 101 cm³/mol. The number of anilines is 1. The Morgan fingerprint density at radius 2 is 1.81 bits per heavy atom. The maximum absolute atomic E-state index is 12.2. The van der Waals surface area contributed by atoms with E-state index in [4.69, 9.17) is 39.2 Å². The molecule has 2 rings (SSSR count). The average molecular weight is 420 g/mol. The number of hydrogen-bond donors (Lipinski definition) is 1. The number of esters is 1. The smallest absolute Gasteiger partial charge is 0.341 e. The fourth-order valence-corrected chi connectivity index (χ4v) is 2.90. The summed E-state index contributed by atoms with van der Waals surface area (Å²) in [6, 6.07) is 4.55. The van der Waals surface area contributed by atoms with Gasteiger partial charge in [-0.3, -0.25) is 9.69 Å². The predicted octanol–water partition coefficient (Wildman–Crippen LogP) is 4.41. The van der Waals surface area contributed by atoms with Crippen LogP contribution in [0, 0.1) is 6.92 Å². The molecule has 0 saturated heterocycles. The number of nitrogens with zero attached hydrogens (tertiary/aromatic N) is 1. The normalized spacial score (nSPS) is 10.9. The molecule has 140 valence electrons. The van der Waals surface area contributed by atoms with Crippen molar-refractivity contribution in [3.63, 3.8) is 0 Å². The molecule has 0 radical (unpaired) electrons. The van der Waals surface area contributed by atoms with E-state index in [0.29, 0.717) is 44.4 Å². The van der Waals surface area contributed by atoms with Gasteiger partial charge in [0.2, 0.25) is 5.91 Å². The largest absolute Gasteiger partial charge is 0.465 e. The van der Waals surface area contributed by atoms with Gasteiger partial charge in [-0.2, -0.15) is 0 Å². The molecule has 1 amide bonds. The van der Waals surface area contributed by atoms with Crippen molar-refractivity contribution in [1.29, 1.82) is 0 Å². The number of ether oxygens (including phenoxy) is 1. The lowest BCUT2D eigenvalue weighted by Gasteiger charge is -2.15. The first-order valence-corrected chi connectivity index (χ1v) is 8.65. The first-order chi connectivity index (χ1) is 12.2. The maximum atomic E-state index is 12.2. The molecule has 0 spiro atoms. The monoisotopic (exact) mass is 418 g/mol. The lowest BCUT2D eigenvalue weighted by Crippen LogP contribution is -2.29. The van der Waals surface area contributed by atoms with Crippen molar-refractivity contribution >= 4 is 52.4 Å². The molecular weight excluding hydrogens is 403 g/mol. The highest BCUT2D eigenvalue weighted by atomic mass is 35.5. The zero-order valence-electron chi connectivity index (χ0n) is 14.4. The summed E-state index contributed by atoms with van der Waals surface area (Å²) in [5, 5.41) is 3.57. The highest BCUT2D eigenvalue weighted by Gasteiger charge is 2.17. The summed E-state index contributed by atoms with van der Waals surface area (Å²) in [6.07, 6.45) is 0. The fraction of sp³-hybridized carbons (Fsp3) is 0.294. The molecule has 0 aliphatic heterocycles. The van der Waals surface area contributed by atoms with E-state index in [0.717, 1.165) is 0 Å². The molecule has 0 bridgehead atoms. The van der Waals surface area contributed by atoms with Gasteiger partial charge >= 0.3 is 5.97 Å². The standard InChI is InChI=1S/C17H17Cl3N2O4/c1-9-11(17(24)25-3)4-10(26-9)7-22(2)8-16(23)21-15-6-13(19)12(18)5-14(15)20/h4-6H,7-8H2,1-3H3,(H,21,23). The van der Waals surface area contributed by atoms with Gasteiger partial charge in [-0.15, -0.1) is 0 Å². The molecule has 9 heteroatoms. The second-order valence-electron chi connectivity index (χ2n) is 5.64.